The Morgan fingerprint density at radius 1 is 1.11 bits per heavy atom. The number of amides is 1. The predicted octanol–water partition coefficient (Wildman–Crippen LogP) is 2.27. The van der Waals surface area contributed by atoms with Crippen molar-refractivity contribution in [1.29, 1.82) is 0 Å². The highest BCUT2D eigenvalue weighted by atomic mass is 16.6. The molecule has 8 nitrogen and oxygen atoms in total. The standard InChI is InChI=1S/C20H21N3O5/c1-11-17(12-8-9-15(27-2)16(10-12)28-3)18(23(25)26)20(22-11)13-6-4-5-7-14(13)21-19(20)24/h4-11,17-18,22H,1-3H3,(H,21,24)/t11-,17-,18+,20-/m0/s1. The number of anilines is 1. The smallest absolute Gasteiger partial charge is 0.256 e. The molecule has 2 heterocycles. The number of nitro groups is 1. The Kier molecular flexibility index (Phi) is 4.23. The zero-order valence-corrected chi connectivity index (χ0v) is 15.8. The molecular weight excluding hydrogens is 362 g/mol. The molecule has 146 valence electrons. The van der Waals surface area contributed by atoms with Gasteiger partial charge < -0.3 is 14.8 Å². The fourth-order valence-corrected chi connectivity index (χ4v) is 4.61. The highest BCUT2D eigenvalue weighted by Gasteiger charge is 2.67. The Labute approximate surface area is 162 Å². The number of hydrogen-bond donors (Lipinski definition) is 2. The summed E-state index contributed by atoms with van der Waals surface area (Å²) >= 11 is 0. The molecule has 1 fully saturated rings. The number of para-hydroxylation sites is 1. The lowest BCUT2D eigenvalue weighted by atomic mass is 9.78. The van der Waals surface area contributed by atoms with Crippen molar-refractivity contribution < 1.29 is 19.2 Å². The zero-order chi connectivity index (χ0) is 20.1. The van der Waals surface area contributed by atoms with Crippen LogP contribution >= 0.6 is 0 Å². The van der Waals surface area contributed by atoms with Gasteiger partial charge in [-0.25, -0.2) is 0 Å². The Bertz CT molecular complexity index is 963. The number of nitrogens with one attached hydrogen (secondary N) is 2. The van der Waals surface area contributed by atoms with Crippen molar-refractivity contribution in [2.45, 2.75) is 30.5 Å². The van der Waals surface area contributed by atoms with Crippen LogP contribution in [0.3, 0.4) is 0 Å². The maximum absolute atomic E-state index is 13.0. The van der Waals surface area contributed by atoms with Crippen LogP contribution < -0.4 is 20.1 Å². The van der Waals surface area contributed by atoms with Gasteiger partial charge in [0, 0.05) is 22.2 Å². The molecule has 4 atom stereocenters. The van der Waals surface area contributed by atoms with Crippen LogP contribution in [0.4, 0.5) is 5.69 Å². The summed E-state index contributed by atoms with van der Waals surface area (Å²) in [5, 5.41) is 18.3. The molecule has 0 saturated carbocycles. The summed E-state index contributed by atoms with van der Waals surface area (Å²) in [5.41, 5.74) is 0.508. The van der Waals surface area contributed by atoms with E-state index in [0.29, 0.717) is 28.3 Å². The molecule has 1 amide bonds. The Morgan fingerprint density at radius 3 is 2.50 bits per heavy atom. The molecular formula is C20H21N3O5. The Hall–Kier alpha value is -3.13. The highest BCUT2D eigenvalue weighted by Crippen LogP contribution is 2.50. The van der Waals surface area contributed by atoms with E-state index in [9.17, 15) is 14.9 Å². The van der Waals surface area contributed by atoms with E-state index in [1.54, 1.807) is 42.5 Å². The monoisotopic (exact) mass is 383 g/mol. The van der Waals surface area contributed by atoms with Crippen LogP contribution in [0.1, 0.15) is 24.0 Å². The summed E-state index contributed by atoms with van der Waals surface area (Å²) in [6.45, 7) is 1.86. The normalized spacial score (nSPS) is 28.1. The van der Waals surface area contributed by atoms with Crippen molar-refractivity contribution in [2.75, 3.05) is 19.5 Å². The quantitative estimate of drug-likeness (QED) is 0.620. The van der Waals surface area contributed by atoms with Crippen LogP contribution in [-0.4, -0.2) is 37.1 Å². The summed E-state index contributed by atoms with van der Waals surface area (Å²) in [4.78, 5) is 24.9. The van der Waals surface area contributed by atoms with Gasteiger partial charge in [0.05, 0.1) is 20.1 Å². The van der Waals surface area contributed by atoms with Crippen molar-refractivity contribution in [3.05, 3.63) is 63.7 Å². The fourth-order valence-electron chi connectivity index (χ4n) is 4.61. The van der Waals surface area contributed by atoms with E-state index in [1.807, 2.05) is 6.92 Å². The molecule has 2 aromatic rings. The van der Waals surface area contributed by atoms with Crippen LogP contribution in [0.15, 0.2) is 42.5 Å². The first-order chi connectivity index (χ1) is 13.4. The molecule has 0 aromatic heterocycles. The molecule has 28 heavy (non-hydrogen) atoms. The minimum atomic E-state index is -1.42. The molecule has 2 aromatic carbocycles. The molecule has 4 rings (SSSR count). The largest absolute Gasteiger partial charge is 0.493 e. The van der Waals surface area contributed by atoms with Crippen LogP contribution in [0.25, 0.3) is 0 Å². The maximum Gasteiger partial charge on any atom is 0.256 e. The average Bonchev–Trinajstić information content (AvgIpc) is 3.16. The summed E-state index contributed by atoms with van der Waals surface area (Å²) in [5.74, 6) is 0.102. The van der Waals surface area contributed by atoms with Crippen molar-refractivity contribution >= 4 is 11.6 Å². The number of nitrogens with zero attached hydrogens (tertiary/aromatic N) is 1. The first-order valence-electron chi connectivity index (χ1n) is 8.98. The van der Waals surface area contributed by atoms with Gasteiger partial charge >= 0.3 is 0 Å². The average molecular weight is 383 g/mol. The van der Waals surface area contributed by atoms with Gasteiger partial charge in [-0.1, -0.05) is 24.3 Å². The van der Waals surface area contributed by atoms with E-state index in [-0.39, 0.29) is 11.0 Å². The van der Waals surface area contributed by atoms with Crippen molar-refractivity contribution in [2.24, 2.45) is 0 Å². The number of carbonyl (C=O) groups is 1. The van der Waals surface area contributed by atoms with Gasteiger partial charge in [-0.2, -0.15) is 0 Å². The van der Waals surface area contributed by atoms with Gasteiger partial charge in [-0.05, 0) is 30.7 Å². The van der Waals surface area contributed by atoms with E-state index in [0.717, 1.165) is 0 Å². The second kappa shape index (κ2) is 6.49. The molecule has 2 N–H and O–H groups in total. The highest BCUT2D eigenvalue weighted by molar-refractivity contribution is 6.07. The van der Waals surface area contributed by atoms with Gasteiger partial charge in [-0.15, -0.1) is 0 Å². The van der Waals surface area contributed by atoms with E-state index in [1.165, 1.54) is 14.2 Å². The van der Waals surface area contributed by atoms with Gasteiger partial charge in [0.2, 0.25) is 0 Å². The number of rotatable bonds is 4. The third-order valence-electron chi connectivity index (χ3n) is 5.76. The Balaban J connectivity index is 1.87. The minimum absolute atomic E-state index is 0.314. The molecule has 0 radical (unpaired) electrons. The van der Waals surface area contributed by atoms with Crippen molar-refractivity contribution in [1.82, 2.24) is 5.32 Å². The first-order valence-corrected chi connectivity index (χ1v) is 8.98. The molecule has 0 bridgehead atoms. The number of methoxy groups -OCH3 is 2. The number of fused-ring (bicyclic) bond motifs is 2. The molecule has 1 spiro atoms. The van der Waals surface area contributed by atoms with Gasteiger partial charge in [-0.3, -0.25) is 20.2 Å². The lowest BCUT2D eigenvalue weighted by molar-refractivity contribution is -0.532. The topological polar surface area (TPSA) is 103 Å². The molecule has 2 aliphatic heterocycles. The SMILES string of the molecule is COc1ccc([C@@H]2[C@H](C)N[C@]3(C(=O)Nc4ccccc43)[C@@H]2[N+](=O)[O-])cc1OC. The Morgan fingerprint density at radius 2 is 1.82 bits per heavy atom. The summed E-state index contributed by atoms with van der Waals surface area (Å²) in [6, 6.07) is 10.9. The van der Waals surface area contributed by atoms with Gasteiger partial charge in [0.15, 0.2) is 17.0 Å². The lowest BCUT2D eigenvalue weighted by Crippen LogP contribution is -2.54. The molecule has 1 saturated heterocycles. The van der Waals surface area contributed by atoms with E-state index < -0.39 is 23.4 Å². The molecule has 0 aliphatic carbocycles. The number of ether oxygens (including phenoxy) is 2. The second-order valence-electron chi connectivity index (χ2n) is 7.11. The summed E-state index contributed by atoms with van der Waals surface area (Å²) in [6.07, 6.45) is 0. The second-order valence-corrected chi connectivity index (χ2v) is 7.11. The minimum Gasteiger partial charge on any atom is -0.493 e. The van der Waals surface area contributed by atoms with Crippen LogP contribution in [0.5, 0.6) is 11.5 Å². The van der Waals surface area contributed by atoms with Crippen LogP contribution in [0, 0.1) is 10.1 Å². The van der Waals surface area contributed by atoms with E-state index >= 15 is 0 Å². The van der Waals surface area contributed by atoms with Crippen LogP contribution in [0.2, 0.25) is 0 Å². The third kappa shape index (κ3) is 2.37. The first kappa shape index (κ1) is 18.2. The van der Waals surface area contributed by atoms with Crippen molar-refractivity contribution in [3.8, 4) is 11.5 Å². The third-order valence-corrected chi connectivity index (χ3v) is 5.76. The maximum atomic E-state index is 13.0. The lowest BCUT2D eigenvalue weighted by Gasteiger charge is -2.25. The van der Waals surface area contributed by atoms with Crippen LogP contribution in [-0.2, 0) is 10.3 Å². The van der Waals surface area contributed by atoms with Crippen molar-refractivity contribution in [3.63, 3.8) is 0 Å². The molecule has 2 aliphatic rings. The summed E-state index contributed by atoms with van der Waals surface area (Å²) in [7, 11) is 3.05. The predicted molar refractivity (Wildman–Crippen MR) is 102 cm³/mol. The number of carbonyl (C=O) groups excluding carboxylic acids is 1. The van der Waals surface area contributed by atoms with E-state index in [2.05, 4.69) is 10.6 Å². The number of hydrogen-bond acceptors (Lipinski definition) is 6. The number of benzene rings is 2. The van der Waals surface area contributed by atoms with Gasteiger partial charge in [0.1, 0.15) is 0 Å². The molecule has 0 unspecified atom stereocenters. The van der Waals surface area contributed by atoms with Gasteiger partial charge in [0.25, 0.3) is 11.9 Å². The summed E-state index contributed by atoms with van der Waals surface area (Å²) < 4.78 is 10.6. The fraction of sp³-hybridized carbons (Fsp3) is 0.350. The molecule has 8 heteroatoms. The van der Waals surface area contributed by atoms with E-state index in [4.69, 9.17) is 9.47 Å². The zero-order valence-electron chi connectivity index (χ0n) is 15.8.